The minimum Gasteiger partial charge on any atom is -0.328 e. The van der Waals surface area contributed by atoms with Gasteiger partial charge < -0.3 is 10.6 Å². The van der Waals surface area contributed by atoms with Crippen LogP contribution in [0.15, 0.2) is 0 Å². The lowest BCUT2D eigenvalue weighted by molar-refractivity contribution is 0.277. The van der Waals surface area contributed by atoms with Gasteiger partial charge in [0.05, 0.1) is 0 Å². The second kappa shape index (κ2) is 4.83. The fourth-order valence-corrected chi connectivity index (χ4v) is 2.19. The van der Waals surface area contributed by atoms with E-state index in [-0.39, 0.29) is 0 Å². The predicted molar refractivity (Wildman–Crippen MR) is 53.1 cm³/mol. The molecule has 1 rings (SSSR count). The van der Waals surface area contributed by atoms with Crippen molar-refractivity contribution < 1.29 is 0 Å². The van der Waals surface area contributed by atoms with Gasteiger partial charge in [0, 0.05) is 12.6 Å². The lowest BCUT2D eigenvalue weighted by atomic mass is 10.1. The van der Waals surface area contributed by atoms with Crippen LogP contribution in [0.5, 0.6) is 0 Å². The zero-order valence-electron chi connectivity index (χ0n) is 8.42. The largest absolute Gasteiger partial charge is 0.328 e. The minimum atomic E-state index is 0.491. The van der Waals surface area contributed by atoms with Crippen LogP contribution in [0.25, 0.3) is 0 Å². The normalized spacial score (nSPS) is 30.0. The highest BCUT2D eigenvalue weighted by Gasteiger charge is 2.22. The van der Waals surface area contributed by atoms with Gasteiger partial charge in [-0.2, -0.15) is 0 Å². The maximum absolute atomic E-state index is 5.86. The summed E-state index contributed by atoms with van der Waals surface area (Å²) in [7, 11) is 2.22. The van der Waals surface area contributed by atoms with Gasteiger partial charge in [0.1, 0.15) is 0 Å². The fraction of sp³-hybridized carbons (Fsp3) is 1.00. The van der Waals surface area contributed by atoms with E-state index < -0.39 is 0 Å². The zero-order valence-corrected chi connectivity index (χ0v) is 8.42. The molecule has 2 unspecified atom stereocenters. The van der Waals surface area contributed by atoms with E-state index in [2.05, 4.69) is 18.9 Å². The van der Waals surface area contributed by atoms with Crippen LogP contribution < -0.4 is 5.73 Å². The summed E-state index contributed by atoms with van der Waals surface area (Å²) in [5, 5.41) is 0. The number of hydrogen-bond acceptors (Lipinski definition) is 2. The molecule has 0 heterocycles. The van der Waals surface area contributed by atoms with Crippen molar-refractivity contribution in [2.75, 3.05) is 20.1 Å². The second-order valence-corrected chi connectivity index (χ2v) is 4.20. The highest BCUT2D eigenvalue weighted by atomic mass is 15.1. The second-order valence-electron chi connectivity index (χ2n) is 4.20. The van der Waals surface area contributed by atoms with Gasteiger partial charge in [-0.25, -0.2) is 0 Å². The van der Waals surface area contributed by atoms with E-state index in [4.69, 9.17) is 5.73 Å². The monoisotopic (exact) mass is 170 g/mol. The van der Waals surface area contributed by atoms with Gasteiger partial charge in [0.15, 0.2) is 0 Å². The van der Waals surface area contributed by atoms with Crippen LogP contribution >= 0.6 is 0 Å². The molecule has 12 heavy (non-hydrogen) atoms. The Kier molecular flexibility index (Phi) is 4.02. The maximum Gasteiger partial charge on any atom is 0.00420 e. The molecule has 72 valence electrons. The first kappa shape index (κ1) is 10.0. The maximum atomic E-state index is 5.86. The van der Waals surface area contributed by atoms with Crippen LogP contribution in [0.2, 0.25) is 0 Å². The van der Waals surface area contributed by atoms with Crippen LogP contribution in [0, 0.1) is 5.92 Å². The van der Waals surface area contributed by atoms with E-state index in [0.717, 1.165) is 5.92 Å². The van der Waals surface area contributed by atoms with Gasteiger partial charge in [-0.05, 0) is 45.2 Å². The molecule has 2 heteroatoms. The lowest BCUT2D eigenvalue weighted by Crippen LogP contribution is -2.26. The average molecular weight is 170 g/mol. The van der Waals surface area contributed by atoms with Crippen LogP contribution in [0.3, 0.4) is 0 Å². The minimum absolute atomic E-state index is 0.491. The van der Waals surface area contributed by atoms with Crippen molar-refractivity contribution in [3.05, 3.63) is 0 Å². The summed E-state index contributed by atoms with van der Waals surface area (Å²) < 4.78 is 0. The number of nitrogens with two attached hydrogens (primary N) is 1. The molecule has 0 amide bonds. The number of nitrogens with zero attached hydrogens (tertiary/aromatic N) is 1. The van der Waals surface area contributed by atoms with Crippen molar-refractivity contribution in [3.8, 4) is 0 Å². The molecule has 0 aromatic carbocycles. The third kappa shape index (κ3) is 3.11. The average Bonchev–Trinajstić information content (AvgIpc) is 2.36. The Morgan fingerprint density at radius 3 is 2.67 bits per heavy atom. The molecule has 0 aliphatic heterocycles. The molecule has 0 radical (unpaired) electrons. The van der Waals surface area contributed by atoms with Gasteiger partial charge >= 0.3 is 0 Å². The first-order valence-corrected chi connectivity index (χ1v) is 5.16. The standard InChI is InChI=1S/C10H22N2/c1-3-6-12(2)8-9-4-5-10(11)7-9/h9-10H,3-8,11H2,1-2H3. The van der Waals surface area contributed by atoms with Crippen molar-refractivity contribution in [1.82, 2.24) is 4.90 Å². The van der Waals surface area contributed by atoms with Crippen molar-refractivity contribution in [2.24, 2.45) is 11.7 Å². The molecule has 0 aromatic rings. The quantitative estimate of drug-likeness (QED) is 0.692. The van der Waals surface area contributed by atoms with Crippen LogP contribution in [-0.2, 0) is 0 Å². The molecule has 1 aliphatic rings. The zero-order chi connectivity index (χ0) is 8.97. The van der Waals surface area contributed by atoms with Crippen molar-refractivity contribution in [1.29, 1.82) is 0 Å². The van der Waals surface area contributed by atoms with Gasteiger partial charge in [-0.3, -0.25) is 0 Å². The molecule has 0 spiro atoms. The molecule has 1 fully saturated rings. The number of rotatable bonds is 4. The van der Waals surface area contributed by atoms with E-state index in [0.29, 0.717) is 6.04 Å². The molecule has 0 aromatic heterocycles. The summed E-state index contributed by atoms with van der Waals surface area (Å²) in [4.78, 5) is 2.43. The summed E-state index contributed by atoms with van der Waals surface area (Å²) in [5.74, 6) is 0.872. The molecule has 2 N–H and O–H groups in total. The molecule has 1 saturated carbocycles. The summed E-state index contributed by atoms with van der Waals surface area (Å²) in [6.45, 7) is 4.71. The molecule has 2 nitrogen and oxygen atoms in total. The third-order valence-corrected chi connectivity index (χ3v) is 2.76. The smallest absolute Gasteiger partial charge is 0.00420 e. The third-order valence-electron chi connectivity index (χ3n) is 2.76. The SMILES string of the molecule is CCCN(C)CC1CCC(N)C1. The fourth-order valence-electron chi connectivity index (χ4n) is 2.19. The Morgan fingerprint density at radius 2 is 2.17 bits per heavy atom. The molecular weight excluding hydrogens is 148 g/mol. The van der Waals surface area contributed by atoms with E-state index in [1.165, 1.54) is 38.8 Å². The highest BCUT2D eigenvalue weighted by molar-refractivity contribution is 4.79. The summed E-state index contributed by atoms with van der Waals surface area (Å²) in [6.07, 6.45) is 5.09. The lowest BCUT2D eigenvalue weighted by Gasteiger charge is -2.19. The van der Waals surface area contributed by atoms with Gasteiger partial charge in [0.25, 0.3) is 0 Å². The summed E-state index contributed by atoms with van der Waals surface area (Å²) in [6, 6.07) is 0.491. The first-order chi connectivity index (χ1) is 5.72. The number of hydrogen-bond donors (Lipinski definition) is 1. The topological polar surface area (TPSA) is 29.3 Å². The van der Waals surface area contributed by atoms with Gasteiger partial charge in [0.2, 0.25) is 0 Å². The summed E-state index contributed by atoms with van der Waals surface area (Å²) in [5.41, 5.74) is 5.86. The predicted octanol–water partition coefficient (Wildman–Crippen LogP) is 1.46. The van der Waals surface area contributed by atoms with Crippen LogP contribution in [0.4, 0.5) is 0 Å². The van der Waals surface area contributed by atoms with E-state index in [1.54, 1.807) is 0 Å². The highest BCUT2D eigenvalue weighted by Crippen LogP contribution is 2.24. The van der Waals surface area contributed by atoms with E-state index in [9.17, 15) is 0 Å². The van der Waals surface area contributed by atoms with Gasteiger partial charge in [-0.1, -0.05) is 6.92 Å². The Hall–Kier alpha value is -0.0800. The van der Waals surface area contributed by atoms with Crippen LogP contribution in [0.1, 0.15) is 32.6 Å². The first-order valence-electron chi connectivity index (χ1n) is 5.16. The van der Waals surface area contributed by atoms with E-state index in [1.807, 2.05) is 0 Å². The Morgan fingerprint density at radius 1 is 1.42 bits per heavy atom. The molecule has 2 atom stereocenters. The molecular formula is C10H22N2. The molecule has 1 aliphatic carbocycles. The van der Waals surface area contributed by atoms with Crippen LogP contribution in [-0.4, -0.2) is 31.1 Å². The molecule has 0 bridgehead atoms. The van der Waals surface area contributed by atoms with Crippen molar-refractivity contribution in [3.63, 3.8) is 0 Å². The van der Waals surface area contributed by atoms with E-state index >= 15 is 0 Å². The van der Waals surface area contributed by atoms with Crippen molar-refractivity contribution >= 4 is 0 Å². The molecule has 0 saturated heterocycles. The Labute approximate surface area is 76.1 Å². The van der Waals surface area contributed by atoms with Gasteiger partial charge in [-0.15, -0.1) is 0 Å². The Bertz CT molecular complexity index is 125. The summed E-state index contributed by atoms with van der Waals surface area (Å²) >= 11 is 0. The Balaban J connectivity index is 2.14. The van der Waals surface area contributed by atoms with Crippen molar-refractivity contribution in [2.45, 2.75) is 38.6 Å².